The highest BCUT2D eigenvalue weighted by atomic mass is 19.1. The Morgan fingerprint density at radius 3 is 1.75 bits per heavy atom. The van der Waals surface area contributed by atoms with Gasteiger partial charge in [-0.3, -0.25) is 14.5 Å². The van der Waals surface area contributed by atoms with Crippen molar-refractivity contribution in [3.63, 3.8) is 0 Å². The zero-order valence-electron chi connectivity index (χ0n) is 40.7. The van der Waals surface area contributed by atoms with Crippen molar-refractivity contribution in [2.24, 2.45) is 11.8 Å². The Morgan fingerprint density at radius 2 is 1.26 bits per heavy atom. The number of likely N-dealkylation sites (tertiary alicyclic amines) is 2. The molecule has 5 aromatic rings. The number of carboxylic acid groups (broad SMARTS) is 1. The third-order valence-corrected chi connectivity index (χ3v) is 15.1. The van der Waals surface area contributed by atoms with Crippen molar-refractivity contribution in [3.8, 4) is 0 Å². The standard InChI is InChI=1S/C52H67FN10O6/c1-30(2)45(58-51(66)69-6)49(64)61-25-11-13-43(61)47-54-36-18-15-32(27-38(36)56-47)40-21-22-41(63(40)34-17-20-42(35(53)29-34)60-23-9-7-8-10-24-60)33-16-19-37-39(28-33)57-48(55-37)44-14-12-26-62(44)50(65)46(31(3)4)59(5)52(67)68/h15-20,27-31,40-41,43-46H,7-14,21-26H2,1-6H3,(H,54,56)(H,55,57)(H,58,66)(H,67,68)/t40-,41-,43+,44+,45+,46+/m1/s1. The lowest BCUT2D eigenvalue weighted by Gasteiger charge is -2.34. The Labute approximate surface area is 402 Å². The van der Waals surface area contributed by atoms with Gasteiger partial charge in [0.15, 0.2) is 0 Å². The number of nitrogens with zero attached hydrogens (tertiary/aromatic N) is 7. The number of rotatable bonds is 12. The Bertz CT molecular complexity index is 2690. The smallest absolute Gasteiger partial charge is 0.407 e. The number of ether oxygens (including phenoxy) is 1. The van der Waals surface area contributed by atoms with E-state index in [1.54, 1.807) is 11.0 Å². The number of carbonyl (C=O) groups is 4. The van der Waals surface area contributed by atoms with E-state index in [0.717, 1.165) is 115 Å². The average Bonchev–Trinajstić information content (AvgIpc) is 4.18. The number of hydrogen-bond acceptors (Lipinski definition) is 9. The number of likely N-dealkylation sites (N-methyl/N-ethyl adjacent to an activating group) is 1. The number of hydrogen-bond donors (Lipinski definition) is 4. The Hall–Kier alpha value is -6.39. The van der Waals surface area contributed by atoms with Crippen LogP contribution in [0.5, 0.6) is 0 Å². The monoisotopic (exact) mass is 947 g/mol. The maximum atomic E-state index is 16.5. The van der Waals surface area contributed by atoms with Gasteiger partial charge in [-0.05, 0) is 117 Å². The van der Waals surface area contributed by atoms with E-state index in [1.165, 1.54) is 14.2 Å². The molecular formula is C52H67FN10O6. The molecule has 69 heavy (non-hydrogen) atoms. The molecule has 4 amide bonds. The number of benzene rings is 3. The van der Waals surface area contributed by atoms with Crippen LogP contribution in [0.1, 0.15) is 139 Å². The number of amides is 4. The van der Waals surface area contributed by atoms with Crippen molar-refractivity contribution >= 4 is 57.4 Å². The van der Waals surface area contributed by atoms with Gasteiger partial charge in [0.1, 0.15) is 29.5 Å². The summed E-state index contributed by atoms with van der Waals surface area (Å²) in [5.74, 6) is 0.401. The van der Waals surface area contributed by atoms with Gasteiger partial charge >= 0.3 is 12.2 Å². The molecular weight excluding hydrogens is 880 g/mol. The van der Waals surface area contributed by atoms with E-state index in [9.17, 15) is 24.3 Å². The number of carbonyl (C=O) groups excluding carboxylic acids is 3. The second kappa shape index (κ2) is 19.9. The minimum atomic E-state index is -1.14. The van der Waals surface area contributed by atoms with Crippen LogP contribution in [0.15, 0.2) is 54.6 Å². The maximum Gasteiger partial charge on any atom is 0.407 e. The third kappa shape index (κ3) is 9.40. The van der Waals surface area contributed by atoms with E-state index >= 15 is 4.39 Å². The molecule has 4 N–H and O–H groups in total. The maximum absolute atomic E-state index is 16.5. The predicted molar refractivity (Wildman–Crippen MR) is 262 cm³/mol. The van der Waals surface area contributed by atoms with Gasteiger partial charge in [-0.2, -0.15) is 0 Å². The lowest BCUT2D eigenvalue weighted by molar-refractivity contribution is -0.138. The molecule has 17 heteroatoms. The number of H-pyrrole nitrogens is 2. The highest BCUT2D eigenvalue weighted by Crippen LogP contribution is 2.49. The highest BCUT2D eigenvalue weighted by molar-refractivity contribution is 5.87. The van der Waals surface area contributed by atoms with Crippen LogP contribution in [0.2, 0.25) is 0 Å². The zero-order chi connectivity index (χ0) is 48.7. The average molecular weight is 947 g/mol. The van der Waals surface area contributed by atoms with Gasteiger partial charge in [0.2, 0.25) is 11.8 Å². The zero-order valence-corrected chi connectivity index (χ0v) is 40.7. The van der Waals surface area contributed by atoms with Crippen LogP contribution in [-0.2, 0) is 14.3 Å². The SMILES string of the molecule is COC(=O)N[C@H](C(=O)N1CCC[C@H]1c1nc2ccc([C@H]3CC[C@H](c4ccc5nc([C@@H]6CCCN6C(=O)[C@H](C(C)C)N(C)C(=O)O)[nH]c5c4)N3c3ccc(N4CCCCCC4)c(F)c3)cc2[nH]1)C(C)C. The van der Waals surface area contributed by atoms with Crippen LogP contribution in [0.25, 0.3) is 22.1 Å². The fourth-order valence-corrected chi connectivity index (χ4v) is 11.6. The number of aromatic amines is 2. The summed E-state index contributed by atoms with van der Waals surface area (Å²) in [6.45, 7) is 10.3. The number of fused-ring (bicyclic) bond motifs is 2. The molecule has 4 aliphatic heterocycles. The molecule has 16 nitrogen and oxygen atoms in total. The van der Waals surface area contributed by atoms with E-state index in [-0.39, 0.29) is 53.6 Å². The molecule has 9 rings (SSSR count). The molecule has 4 aliphatic rings. The first-order valence-electron chi connectivity index (χ1n) is 25.0. The summed E-state index contributed by atoms with van der Waals surface area (Å²) in [6.07, 6.45) is 7.25. The largest absolute Gasteiger partial charge is 0.465 e. The van der Waals surface area contributed by atoms with Crippen molar-refractivity contribution in [2.45, 2.75) is 128 Å². The number of nitrogens with one attached hydrogen (secondary N) is 3. The fourth-order valence-electron chi connectivity index (χ4n) is 11.6. The van der Waals surface area contributed by atoms with E-state index in [4.69, 9.17) is 14.7 Å². The summed E-state index contributed by atoms with van der Waals surface area (Å²) < 4.78 is 21.3. The van der Waals surface area contributed by atoms with Crippen molar-refractivity contribution in [1.29, 1.82) is 0 Å². The van der Waals surface area contributed by atoms with Crippen LogP contribution in [0.4, 0.5) is 25.4 Å². The summed E-state index contributed by atoms with van der Waals surface area (Å²) in [5.41, 5.74) is 6.78. The van der Waals surface area contributed by atoms with Crippen molar-refractivity contribution in [1.82, 2.24) is 40.0 Å². The molecule has 4 saturated heterocycles. The minimum absolute atomic E-state index is 0.112. The van der Waals surface area contributed by atoms with Crippen LogP contribution < -0.4 is 15.1 Å². The Morgan fingerprint density at radius 1 is 0.710 bits per heavy atom. The second-order valence-electron chi connectivity index (χ2n) is 20.2. The van der Waals surface area contributed by atoms with Gasteiger partial charge in [-0.15, -0.1) is 0 Å². The lowest BCUT2D eigenvalue weighted by Crippen LogP contribution is -2.51. The van der Waals surface area contributed by atoms with Gasteiger partial charge in [-0.25, -0.2) is 23.9 Å². The number of aromatic nitrogens is 4. The van der Waals surface area contributed by atoms with Gasteiger partial charge in [-0.1, -0.05) is 52.7 Å². The first-order valence-corrected chi connectivity index (χ1v) is 25.0. The fraction of sp³-hybridized carbons (Fsp3) is 0.538. The molecule has 6 heterocycles. The number of methoxy groups -OCH3 is 1. The van der Waals surface area contributed by atoms with E-state index in [1.807, 2.05) is 50.8 Å². The Balaban J connectivity index is 1.03. The van der Waals surface area contributed by atoms with Crippen LogP contribution in [0, 0.1) is 17.7 Å². The molecule has 2 aromatic heterocycles. The molecule has 0 unspecified atom stereocenters. The van der Waals surface area contributed by atoms with Gasteiger partial charge in [0.25, 0.3) is 0 Å². The first kappa shape index (κ1) is 47.7. The lowest BCUT2D eigenvalue weighted by atomic mass is 10.0. The topological polar surface area (TPSA) is 183 Å². The normalized spacial score (nSPS) is 21.9. The van der Waals surface area contributed by atoms with Crippen molar-refractivity contribution in [2.75, 3.05) is 50.1 Å². The minimum Gasteiger partial charge on any atom is -0.465 e. The highest BCUT2D eigenvalue weighted by Gasteiger charge is 2.42. The molecule has 6 atom stereocenters. The van der Waals surface area contributed by atoms with Crippen molar-refractivity contribution in [3.05, 3.63) is 83.2 Å². The Kier molecular flexibility index (Phi) is 13.8. The number of anilines is 2. The third-order valence-electron chi connectivity index (χ3n) is 15.1. The van der Waals surface area contributed by atoms with Crippen LogP contribution >= 0.6 is 0 Å². The van der Waals surface area contributed by atoms with Crippen LogP contribution in [-0.4, -0.2) is 116 Å². The quantitative estimate of drug-likeness (QED) is 0.0940. The number of imidazole rings is 2. The van der Waals surface area contributed by atoms with Gasteiger partial charge < -0.3 is 44.7 Å². The first-order chi connectivity index (χ1) is 33.2. The number of halogens is 1. The second-order valence-corrected chi connectivity index (χ2v) is 20.2. The van der Waals surface area contributed by atoms with Crippen molar-refractivity contribution < 1.29 is 33.4 Å². The molecule has 0 bridgehead atoms. The summed E-state index contributed by atoms with van der Waals surface area (Å²) in [4.78, 5) is 78.5. The molecule has 4 fully saturated rings. The molecule has 0 radical (unpaired) electrons. The molecule has 368 valence electrons. The number of alkyl carbamates (subject to hydrolysis) is 1. The summed E-state index contributed by atoms with van der Waals surface area (Å²) in [5, 5.41) is 12.5. The van der Waals surface area contributed by atoms with Gasteiger partial charge in [0, 0.05) is 38.9 Å². The van der Waals surface area contributed by atoms with E-state index in [2.05, 4.69) is 55.4 Å². The van der Waals surface area contributed by atoms with Gasteiger partial charge in [0.05, 0.1) is 59.0 Å². The molecule has 0 saturated carbocycles. The summed E-state index contributed by atoms with van der Waals surface area (Å²) >= 11 is 0. The summed E-state index contributed by atoms with van der Waals surface area (Å²) in [7, 11) is 2.74. The summed E-state index contributed by atoms with van der Waals surface area (Å²) in [6, 6.07) is 15.9. The van der Waals surface area contributed by atoms with Crippen LogP contribution in [0.3, 0.4) is 0 Å². The molecule has 3 aromatic carbocycles. The van der Waals surface area contributed by atoms with E-state index < -0.39 is 24.3 Å². The van der Waals surface area contributed by atoms with E-state index in [0.29, 0.717) is 36.8 Å². The molecule has 0 spiro atoms. The molecule has 0 aliphatic carbocycles. The predicted octanol–water partition coefficient (Wildman–Crippen LogP) is 9.38.